The first-order chi connectivity index (χ1) is 11.0. The van der Waals surface area contributed by atoms with Crippen molar-refractivity contribution in [2.24, 2.45) is 5.92 Å². The maximum absolute atomic E-state index is 11.9. The van der Waals surface area contributed by atoms with Crippen molar-refractivity contribution in [1.29, 1.82) is 0 Å². The molecule has 0 aliphatic heterocycles. The molecule has 7 nitrogen and oxygen atoms in total. The molecule has 0 spiro atoms. The van der Waals surface area contributed by atoms with Gasteiger partial charge in [0.2, 0.25) is 5.91 Å². The van der Waals surface area contributed by atoms with Crippen LogP contribution in [0.2, 0.25) is 0 Å². The number of hydrogen-bond acceptors (Lipinski definition) is 4. The van der Waals surface area contributed by atoms with Crippen molar-refractivity contribution in [3.63, 3.8) is 0 Å². The molecule has 0 saturated heterocycles. The summed E-state index contributed by atoms with van der Waals surface area (Å²) < 4.78 is 5.08. The first-order valence-corrected chi connectivity index (χ1v) is 7.32. The van der Waals surface area contributed by atoms with Gasteiger partial charge in [0, 0.05) is 24.1 Å². The van der Waals surface area contributed by atoms with Crippen LogP contribution in [0, 0.1) is 5.92 Å². The summed E-state index contributed by atoms with van der Waals surface area (Å²) in [6.45, 7) is 0.114. The molecule has 7 heteroatoms. The Morgan fingerprint density at radius 2 is 2.17 bits per heavy atom. The molecule has 2 amide bonds. The first-order valence-electron chi connectivity index (χ1n) is 7.32. The summed E-state index contributed by atoms with van der Waals surface area (Å²) in [7, 11) is 1.47. The number of carboxylic acid groups (broad SMARTS) is 1. The predicted molar refractivity (Wildman–Crippen MR) is 82.8 cm³/mol. The lowest BCUT2D eigenvalue weighted by molar-refractivity contribution is -0.117. The molecule has 1 saturated carbocycles. The molecular formula is C16H17N3O4. The first kappa shape index (κ1) is 15.1. The molecule has 23 heavy (non-hydrogen) atoms. The predicted octanol–water partition coefficient (Wildman–Crippen LogP) is 2.80. The number of carbonyl (C=O) groups excluding carboxylic acids is 1. The summed E-state index contributed by atoms with van der Waals surface area (Å²) in [5.74, 6) is 0.476. The number of pyridine rings is 1. The smallest absolute Gasteiger partial charge is 0.407 e. The van der Waals surface area contributed by atoms with E-state index >= 15 is 0 Å². The van der Waals surface area contributed by atoms with Crippen LogP contribution < -0.4 is 5.32 Å². The van der Waals surface area contributed by atoms with Crippen molar-refractivity contribution >= 4 is 17.8 Å². The Kier molecular flexibility index (Phi) is 4.01. The lowest BCUT2D eigenvalue weighted by Gasteiger charge is -2.16. The molecule has 3 rings (SSSR count). The number of anilines is 1. The summed E-state index contributed by atoms with van der Waals surface area (Å²) in [5, 5.41) is 11.9. The fraction of sp³-hybridized carbons (Fsp3) is 0.312. The fourth-order valence-electron chi connectivity index (χ4n) is 2.24. The van der Waals surface area contributed by atoms with Crippen LogP contribution in [0.5, 0.6) is 0 Å². The molecule has 2 heterocycles. The van der Waals surface area contributed by atoms with Crippen molar-refractivity contribution in [2.45, 2.75) is 19.4 Å². The van der Waals surface area contributed by atoms with Gasteiger partial charge >= 0.3 is 6.09 Å². The number of amides is 2. The highest BCUT2D eigenvalue weighted by Crippen LogP contribution is 2.31. The molecule has 2 N–H and O–H groups in total. The van der Waals surface area contributed by atoms with E-state index in [0.29, 0.717) is 11.5 Å². The lowest BCUT2D eigenvalue weighted by Crippen LogP contribution is -2.25. The molecule has 1 aliphatic carbocycles. The van der Waals surface area contributed by atoms with E-state index in [1.54, 1.807) is 24.7 Å². The van der Waals surface area contributed by atoms with Gasteiger partial charge in [0.15, 0.2) is 0 Å². The van der Waals surface area contributed by atoms with Crippen LogP contribution in [0.1, 0.15) is 18.5 Å². The van der Waals surface area contributed by atoms with Gasteiger partial charge in [0.1, 0.15) is 5.82 Å². The van der Waals surface area contributed by atoms with Gasteiger partial charge in [-0.2, -0.15) is 0 Å². The summed E-state index contributed by atoms with van der Waals surface area (Å²) in [4.78, 5) is 28.5. The molecule has 1 aliphatic rings. The number of rotatable bonds is 5. The Balaban J connectivity index is 1.89. The molecule has 0 unspecified atom stereocenters. The molecule has 2 aromatic heterocycles. The zero-order chi connectivity index (χ0) is 16.4. The van der Waals surface area contributed by atoms with Gasteiger partial charge < -0.3 is 19.7 Å². The van der Waals surface area contributed by atoms with E-state index in [1.165, 1.54) is 7.05 Å². The SMILES string of the molecule is CN(Cc1nc(NC(=O)C2CC2)ccc1-c1ccoc1)C(=O)O. The van der Waals surface area contributed by atoms with Crippen LogP contribution in [0.4, 0.5) is 10.6 Å². The Morgan fingerprint density at radius 3 is 2.78 bits per heavy atom. The molecule has 0 radical (unpaired) electrons. The molecule has 0 atom stereocenters. The number of hydrogen-bond donors (Lipinski definition) is 2. The van der Waals surface area contributed by atoms with Crippen molar-refractivity contribution in [3.8, 4) is 11.1 Å². The topological polar surface area (TPSA) is 95.7 Å². The number of carbonyl (C=O) groups is 2. The monoisotopic (exact) mass is 315 g/mol. The van der Waals surface area contributed by atoms with Gasteiger partial charge in [-0.05, 0) is 31.0 Å². The molecule has 120 valence electrons. The van der Waals surface area contributed by atoms with Gasteiger partial charge in [0.05, 0.1) is 24.8 Å². The number of nitrogens with zero attached hydrogens (tertiary/aromatic N) is 2. The average Bonchev–Trinajstić information content (AvgIpc) is 3.23. The van der Waals surface area contributed by atoms with Crippen LogP contribution in [0.3, 0.4) is 0 Å². The summed E-state index contributed by atoms with van der Waals surface area (Å²) >= 11 is 0. The van der Waals surface area contributed by atoms with Gasteiger partial charge in [-0.25, -0.2) is 9.78 Å². The third-order valence-electron chi connectivity index (χ3n) is 3.72. The average molecular weight is 315 g/mol. The summed E-state index contributed by atoms with van der Waals surface area (Å²) in [5.41, 5.74) is 2.15. The molecule has 2 aromatic rings. The van der Waals surface area contributed by atoms with Crippen LogP contribution >= 0.6 is 0 Å². The zero-order valence-corrected chi connectivity index (χ0v) is 12.7. The maximum Gasteiger partial charge on any atom is 0.407 e. The molecule has 1 fully saturated rings. The van der Waals surface area contributed by atoms with Crippen molar-refractivity contribution in [2.75, 3.05) is 12.4 Å². The van der Waals surface area contributed by atoms with Gasteiger partial charge in [-0.3, -0.25) is 4.79 Å². The largest absolute Gasteiger partial charge is 0.472 e. The molecular weight excluding hydrogens is 298 g/mol. The quantitative estimate of drug-likeness (QED) is 0.884. The van der Waals surface area contributed by atoms with Gasteiger partial charge in [-0.1, -0.05) is 0 Å². The van der Waals surface area contributed by atoms with E-state index in [-0.39, 0.29) is 18.4 Å². The summed E-state index contributed by atoms with van der Waals surface area (Å²) in [6.07, 6.45) is 3.89. The fourth-order valence-corrected chi connectivity index (χ4v) is 2.24. The van der Waals surface area contributed by atoms with Crippen LogP contribution in [0.25, 0.3) is 11.1 Å². The minimum Gasteiger partial charge on any atom is -0.472 e. The Hall–Kier alpha value is -2.83. The second kappa shape index (κ2) is 6.12. The lowest BCUT2D eigenvalue weighted by atomic mass is 10.1. The number of aromatic nitrogens is 1. The minimum atomic E-state index is -1.04. The van der Waals surface area contributed by atoms with E-state index in [9.17, 15) is 9.59 Å². The Labute approximate surface area is 132 Å². The van der Waals surface area contributed by atoms with Crippen molar-refractivity contribution < 1.29 is 19.1 Å². The zero-order valence-electron chi connectivity index (χ0n) is 12.7. The molecule has 0 bridgehead atoms. The Bertz CT molecular complexity index is 723. The standard InChI is InChI=1S/C16H17N3O4/c1-19(16(21)22)8-13-12(11-6-7-23-9-11)4-5-14(17-13)18-15(20)10-2-3-10/h4-7,9-10H,2-3,8H2,1H3,(H,21,22)(H,17,18,20). The van der Waals surface area contributed by atoms with E-state index in [1.807, 2.05) is 6.07 Å². The Morgan fingerprint density at radius 1 is 1.39 bits per heavy atom. The second-order valence-corrected chi connectivity index (χ2v) is 5.60. The van der Waals surface area contributed by atoms with Gasteiger partial charge in [-0.15, -0.1) is 0 Å². The van der Waals surface area contributed by atoms with Crippen molar-refractivity contribution in [3.05, 3.63) is 36.4 Å². The van der Waals surface area contributed by atoms with Crippen LogP contribution in [-0.2, 0) is 11.3 Å². The third-order valence-corrected chi connectivity index (χ3v) is 3.72. The van der Waals surface area contributed by atoms with E-state index < -0.39 is 6.09 Å². The highest BCUT2D eigenvalue weighted by atomic mass is 16.4. The number of furan rings is 1. The van der Waals surface area contributed by atoms with E-state index in [2.05, 4.69) is 10.3 Å². The maximum atomic E-state index is 11.9. The second-order valence-electron chi connectivity index (χ2n) is 5.60. The van der Waals surface area contributed by atoms with E-state index in [0.717, 1.165) is 28.9 Å². The highest BCUT2D eigenvalue weighted by molar-refractivity contribution is 5.93. The summed E-state index contributed by atoms with van der Waals surface area (Å²) in [6, 6.07) is 5.31. The third kappa shape index (κ3) is 3.50. The van der Waals surface area contributed by atoms with Gasteiger partial charge in [0.25, 0.3) is 0 Å². The minimum absolute atomic E-state index is 0.0360. The van der Waals surface area contributed by atoms with Crippen LogP contribution in [-0.4, -0.2) is 34.0 Å². The van der Waals surface area contributed by atoms with E-state index in [4.69, 9.17) is 9.52 Å². The van der Waals surface area contributed by atoms with Crippen LogP contribution in [0.15, 0.2) is 35.1 Å². The van der Waals surface area contributed by atoms with Crippen molar-refractivity contribution in [1.82, 2.24) is 9.88 Å². The molecule has 0 aromatic carbocycles. The normalized spacial score (nSPS) is 13.6. The highest BCUT2D eigenvalue weighted by Gasteiger charge is 2.30. The number of nitrogens with one attached hydrogen (secondary N) is 1.